The van der Waals surface area contributed by atoms with Gasteiger partial charge in [0.25, 0.3) is 0 Å². The summed E-state index contributed by atoms with van der Waals surface area (Å²) in [5, 5.41) is 14.6. The topological polar surface area (TPSA) is 114 Å². The highest BCUT2D eigenvalue weighted by Crippen LogP contribution is 2.44. The van der Waals surface area contributed by atoms with Crippen LogP contribution < -0.4 is 10.6 Å². The van der Waals surface area contributed by atoms with E-state index >= 15 is 0 Å². The summed E-state index contributed by atoms with van der Waals surface area (Å²) >= 11 is 0. The highest BCUT2D eigenvalue weighted by Gasteiger charge is 2.31. The summed E-state index contributed by atoms with van der Waals surface area (Å²) in [5.41, 5.74) is 4.61. The van der Waals surface area contributed by atoms with Gasteiger partial charge in [-0.25, -0.2) is 4.79 Å². The van der Waals surface area contributed by atoms with E-state index in [0.717, 1.165) is 22.3 Å². The van der Waals surface area contributed by atoms with Gasteiger partial charge >= 0.3 is 12.1 Å². The third kappa shape index (κ3) is 5.39. The second kappa shape index (κ2) is 10.7. The lowest BCUT2D eigenvalue weighted by Gasteiger charge is -2.19. The monoisotopic (exact) mass is 466 g/mol. The van der Waals surface area contributed by atoms with Crippen molar-refractivity contribution in [2.24, 2.45) is 5.92 Å². The minimum absolute atomic E-state index is 0.0254. The molecule has 1 aliphatic carbocycles. The molecule has 180 valence electrons. The lowest BCUT2D eigenvalue weighted by Crippen LogP contribution is -2.41. The predicted molar refractivity (Wildman–Crippen MR) is 125 cm³/mol. The fourth-order valence-electron chi connectivity index (χ4n) is 4.65. The van der Waals surface area contributed by atoms with Gasteiger partial charge in [-0.2, -0.15) is 0 Å². The maximum Gasteiger partial charge on any atom is 0.407 e. The number of carboxylic acid groups (broad SMARTS) is 1. The maximum absolute atomic E-state index is 12.5. The van der Waals surface area contributed by atoms with Crippen molar-refractivity contribution in [1.82, 2.24) is 10.6 Å². The Morgan fingerprint density at radius 2 is 1.74 bits per heavy atom. The number of amides is 2. The minimum atomic E-state index is -0.882. The molecular formula is C26H30N2O6. The molecule has 8 nitrogen and oxygen atoms in total. The number of aliphatic carboxylic acids is 1. The normalized spacial score (nSPS) is 19.7. The van der Waals surface area contributed by atoms with Crippen LogP contribution in [0.25, 0.3) is 11.1 Å². The summed E-state index contributed by atoms with van der Waals surface area (Å²) in [6.45, 7) is 2.52. The fraction of sp³-hybridized carbons (Fsp3) is 0.423. The van der Waals surface area contributed by atoms with Gasteiger partial charge in [0.2, 0.25) is 5.91 Å². The van der Waals surface area contributed by atoms with Crippen LogP contribution in [0.15, 0.2) is 48.5 Å². The summed E-state index contributed by atoms with van der Waals surface area (Å²) < 4.78 is 11.0. The summed E-state index contributed by atoms with van der Waals surface area (Å²) in [6, 6.07) is 15.9. The third-order valence-electron chi connectivity index (χ3n) is 6.55. The number of alkyl carbamates (subject to hydrolysis) is 1. The van der Waals surface area contributed by atoms with Gasteiger partial charge < -0.3 is 25.2 Å². The number of hydrogen-bond donors (Lipinski definition) is 3. The number of rotatable bonds is 9. The second-order valence-corrected chi connectivity index (χ2v) is 8.81. The molecule has 34 heavy (non-hydrogen) atoms. The van der Waals surface area contributed by atoms with E-state index in [1.54, 1.807) is 0 Å². The van der Waals surface area contributed by atoms with E-state index in [2.05, 4.69) is 34.9 Å². The molecule has 2 amide bonds. The van der Waals surface area contributed by atoms with Crippen molar-refractivity contribution in [2.45, 2.75) is 44.2 Å². The van der Waals surface area contributed by atoms with E-state index in [1.165, 1.54) is 0 Å². The van der Waals surface area contributed by atoms with Crippen molar-refractivity contribution in [3.63, 3.8) is 0 Å². The first-order chi connectivity index (χ1) is 16.5. The zero-order chi connectivity index (χ0) is 24.1. The van der Waals surface area contributed by atoms with Crippen LogP contribution in [0.3, 0.4) is 0 Å². The van der Waals surface area contributed by atoms with Crippen molar-refractivity contribution in [3.8, 4) is 11.1 Å². The Kier molecular flexibility index (Phi) is 7.47. The Morgan fingerprint density at radius 3 is 2.32 bits per heavy atom. The largest absolute Gasteiger partial charge is 0.481 e. The lowest BCUT2D eigenvalue weighted by molar-refractivity contribution is -0.141. The predicted octanol–water partition coefficient (Wildman–Crippen LogP) is 3.30. The van der Waals surface area contributed by atoms with E-state index in [4.69, 9.17) is 14.6 Å². The van der Waals surface area contributed by atoms with Crippen molar-refractivity contribution in [1.29, 1.82) is 0 Å². The molecule has 0 unspecified atom stereocenters. The molecule has 2 aromatic rings. The average molecular weight is 467 g/mol. The van der Waals surface area contributed by atoms with Crippen LogP contribution in [-0.4, -0.2) is 55.0 Å². The quantitative estimate of drug-likeness (QED) is 0.523. The van der Waals surface area contributed by atoms with E-state index < -0.39 is 18.0 Å². The molecule has 3 N–H and O–H groups in total. The Balaban J connectivity index is 1.25. The van der Waals surface area contributed by atoms with Crippen molar-refractivity contribution < 1.29 is 29.0 Å². The molecule has 8 heteroatoms. The summed E-state index contributed by atoms with van der Waals surface area (Å²) in [7, 11) is 0. The average Bonchev–Trinajstić information content (AvgIpc) is 3.44. The fourth-order valence-corrected chi connectivity index (χ4v) is 4.65. The van der Waals surface area contributed by atoms with Crippen molar-refractivity contribution in [3.05, 3.63) is 59.7 Å². The molecule has 1 aliphatic heterocycles. The first-order valence-electron chi connectivity index (χ1n) is 11.7. The Labute approximate surface area is 198 Å². The number of carbonyl (C=O) groups excluding carboxylic acids is 2. The van der Waals surface area contributed by atoms with E-state index in [9.17, 15) is 14.4 Å². The number of benzene rings is 2. The number of hydrogen-bond acceptors (Lipinski definition) is 5. The number of nitrogens with one attached hydrogen (secondary N) is 2. The molecular weight excluding hydrogens is 436 g/mol. The standard InChI is InChI=1S/C26H30N2O6/c1-2-17(12-24(29)27-13-18-11-16(14-33-18)25(30)31)28-26(32)34-15-23-21-9-5-3-7-19(21)20-8-4-6-10-22(20)23/h3-10,16-18,23H,2,11-15H2,1H3,(H,27,29)(H,28,32)(H,30,31)/t16-,17+,18-/m1/s1. The van der Waals surface area contributed by atoms with Gasteiger partial charge in [0.15, 0.2) is 0 Å². The van der Waals surface area contributed by atoms with Gasteiger partial charge in [0, 0.05) is 24.9 Å². The molecule has 4 rings (SSSR count). The van der Waals surface area contributed by atoms with Gasteiger partial charge in [-0.3, -0.25) is 9.59 Å². The Morgan fingerprint density at radius 1 is 1.09 bits per heavy atom. The van der Waals surface area contributed by atoms with Crippen LogP contribution in [0.5, 0.6) is 0 Å². The molecule has 0 bridgehead atoms. The summed E-state index contributed by atoms with van der Waals surface area (Å²) in [5.74, 6) is -1.66. The summed E-state index contributed by atoms with van der Waals surface area (Å²) in [4.78, 5) is 35.8. The Hall–Kier alpha value is -3.39. The molecule has 0 saturated carbocycles. The van der Waals surface area contributed by atoms with E-state index in [0.29, 0.717) is 12.8 Å². The first kappa shape index (κ1) is 23.8. The number of carbonyl (C=O) groups is 3. The molecule has 0 aromatic heterocycles. The molecule has 0 spiro atoms. The summed E-state index contributed by atoms with van der Waals surface area (Å²) in [6.07, 6.45) is 0.198. The van der Waals surface area contributed by atoms with Gasteiger partial charge in [-0.15, -0.1) is 0 Å². The zero-order valence-electron chi connectivity index (χ0n) is 19.2. The number of carboxylic acids is 1. The van der Waals surface area contributed by atoms with Gasteiger partial charge in [-0.1, -0.05) is 55.5 Å². The second-order valence-electron chi connectivity index (χ2n) is 8.81. The van der Waals surface area contributed by atoms with Gasteiger partial charge in [0.1, 0.15) is 6.61 Å². The van der Waals surface area contributed by atoms with Gasteiger partial charge in [-0.05, 0) is 35.1 Å². The minimum Gasteiger partial charge on any atom is -0.481 e. The molecule has 1 saturated heterocycles. The molecule has 2 aromatic carbocycles. The van der Waals surface area contributed by atoms with Crippen molar-refractivity contribution in [2.75, 3.05) is 19.8 Å². The van der Waals surface area contributed by atoms with Crippen LogP contribution in [0, 0.1) is 5.92 Å². The molecule has 0 radical (unpaired) electrons. The highest BCUT2D eigenvalue weighted by atomic mass is 16.5. The smallest absolute Gasteiger partial charge is 0.407 e. The van der Waals surface area contributed by atoms with Crippen LogP contribution in [0.4, 0.5) is 4.79 Å². The number of fused-ring (bicyclic) bond motifs is 3. The van der Waals surface area contributed by atoms with E-state index in [-0.39, 0.29) is 50.2 Å². The van der Waals surface area contributed by atoms with E-state index in [1.807, 2.05) is 31.2 Å². The number of ether oxygens (including phenoxy) is 2. The van der Waals surface area contributed by atoms with Crippen LogP contribution in [0.2, 0.25) is 0 Å². The zero-order valence-corrected chi connectivity index (χ0v) is 19.2. The highest BCUT2D eigenvalue weighted by molar-refractivity contribution is 5.79. The molecule has 3 atom stereocenters. The van der Waals surface area contributed by atoms with Gasteiger partial charge in [0.05, 0.1) is 18.6 Å². The van der Waals surface area contributed by atoms with Crippen LogP contribution >= 0.6 is 0 Å². The van der Waals surface area contributed by atoms with Crippen LogP contribution in [-0.2, 0) is 19.1 Å². The SMILES string of the molecule is CC[C@@H](CC(=O)NC[C@H]1C[C@@H](C(=O)O)CO1)NC(=O)OCC1c2ccccc2-c2ccccc21. The third-order valence-corrected chi connectivity index (χ3v) is 6.55. The molecule has 1 heterocycles. The Bertz CT molecular complexity index is 1010. The maximum atomic E-state index is 12.5. The van der Waals surface area contributed by atoms with Crippen molar-refractivity contribution >= 4 is 18.0 Å². The molecule has 1 fully saturated rings. The van der Waals surface area contributed by atoms with Crippen LogP contribution in [0.1, 0.15) is 43.2 Å². The molecule has 2 aliphatic rings. The lowest BCUT2D eigenvalue weighted by atomic mass is 9.98. The first-order valence-corrected chi connectivity index (χ1v) is 11.7.